The number of benzene rings is 2. The Hall–Kier alpha value is -4.51. The minimum atomic E-state index is -1.01. The minimum absolute atomic E-state index is 0.199. The van der Waals surface area contributed by atoms with E-state index in [1.54, 1.807) is 55.5 Å². The van der Waals surface area contributed by atoms with Gasteiger partial charge in [0.15, 0.2) is 0 Å². The normalized spacial score (nSPS) is 14.2. The number of methoxy groups -OCH3 is 1. The number of carbonyl (C=O) groups excluding carboxylic acids is 4. The van der Waals surface area contributed by atoms with Gasteiger partial charge in [0, 0.05) is 4.88 Å². The van der Waals surface area contributed by atoms with Gasteiger partial charge >= 0.3 is 23.8 Å². The highest BCUT2D eigenvalue weighted by molar-refractivity contribution is 7.17. The highest BCUT2D eigenvalue weighted by atomic mass is 32.1. The monoisotopic (exact) mass is 563 g/mol. The lowest BCUT2D eigenvalue weighted by Crippen LogP contribution is -2.32. The van der Waals surface area contributed by atoms with Crippen LogP contribution in [0.5, 0.6) is 11.5 Å². The molecule has 1 atom stereocenters. The Labute approximate surface area is 235 Å². The van der Waals surface area contributed by atoms with Crippen molar-refractivity contribution in [1.82, 2.24) is 5.43 Å². The Morgan fingerprint density at radius 3 is 2.55 bits per heavy atom. The first-order valence-corrected chi connectivity index (χ1v) is 13.5. The van der Waals surface area contributed by atoms with Crippen molar-refractivity contribution in [1.29, 1.82) is 0 Å². The summed E-state index contributed by atoms with van der Waals surface area (Å²) in [6.07, 6.45) is 3.75. The number of esters is 2. The predicted molar refractivity (Wildman–Crippen MR) is 150 cm³/mol. The fraction of sp³-hybridized carbons (Fsp3) is 0.276. The maximum atomic E-state index is 12.6. The molecule has 0 unspecified atom stereocenters. The smallest absolute Gasteiger partial charge is 0.343 e. The lowest BCUT2D eigenvalue weighted by Gasteiger charge is -2.18. The van der Waals surface area contributed by atoms with Gasteiger partial charge in [0.1, 0.15) is 16.5 Å². The average Bonchev–Trinajstić information content (AvgIpc) is 3.30. The van der Waals surface area contributed by atoms with Gasteiger partial charge in [0.25, 0.3) is 0 Å². The van der Waals surface area contributed by atoms with Crippen molar-refractivity contribution >= 4 is 46.3 Å². The molecule has 0 spiro atoms. The van der Waals surface area contributed by atoms with E-state index in [2.05, 4.69) is 22.8 Å². The zero-order valence-electron chi connectivity index (χ0n) is 22.3. The van der Waals surface area contributed by atoms with E-state index in [0.717, 1.165) is 23.3 Å². The van der Waals surface area contributed by atoms with Gasteiger partial charge in [-0.25, -0.2) is 15.0 Å². The number of nitrogens with zero attached hydrogens (tertiary/aromatic N) is 1. The van der Waals surface area contributed by atoms with E-state index in [1.165, 1.54) is 24.7 Å². The van der Waals surface area contributed by atoms with Crippen LogP contribution in [0.2, 0.25) is 0 Å². The Morgan fingerprint density at radius 2 is 1.82 bits per heavy atom. The third-order valence-electron chi connectivity index (χ3n) is 6.20. The molecule has 1 aliphatic rings. The SMILES string of the molecule is CCOC(=O)c1c(NC(=O)C(=O)N/N=C\c2cccc(OC(=O)c3ccc(OC)cc3)c2)sc2c1CC[C@@H](C)C2. The fourth-order valence-electron chi connectivity index (χ4n) is 4.19. The second-order valence-corrected chi connectivity index (χ2v) is 10.2. The fourth-order valence-corrected chi connectivity index (χ4v) is 5.58. The molecular weight excluding hydrogens is 534 g/mol. The summed E-state index contributed by atoms with van der Waals surface area (Å²) in [7, 11) is 1.54. The summed E-state index contributed by atoms with van der Waals surface area (Å²) >= 11 is 1.29. The number of fused-ring (bicyclic) bond motifs is 1. The molecule has 0 saturated heterocycles. The third kappa shape index (κ3) is 6.92. The summed E-state index contributed by atoms with van der Waals surface area (Å²) in [6.45, 7) is 4.05. The second kappa shape index (κ2) is 13.0. The quantitative estimate of drug-likeness (QED) is 0.137. The van der Waals surface area contributed by atoms with Crippen LogP contribution in [0.3, 0.4) is 0 Å². The van der Waals surface area contributed by atoms with Crippen LogP contribution in [0.1, 0.15) is 57.0 Å². The van der Waals surface area contributed by atoms with Crippen molar-refractivity contribution in [3.63, 3.8) is 0 Å². The molecule has 2 N–H and O–H groups in total. The number of anilines is 1. The molecule has 1 aromatic heterocycles. The Bertz CT molecular complexity index is 1450. The Morgan fingerprint density at radius 1 is 1.05 bits per heavy atom. The van der Waals surface area contributed by atoms with Crippen molar-refractivity contribution in [3.05, 3.63) is 75.7 Å². The van der Waals surface area contributed by atoms with E-state index in [0.29, 0.717) is 39.8 Å². The second-order valence-electron chi connectivity index (χ2n) is 9.12. The van der Waals surface area contributed by atoms with Crippen molar-refractivity contribution in [3.8, 4) is 11.5 Å². The van der Waals surface area contributed by atoms with Gasteiger partial charge in [0.05, 0.1) is 31.1 Å². The van der Waals surface area contributed by atoms with E-state index in [-0.39, 0.29) is 12.4 Å². The summed E-state index contributed by atoms with van der Waals surface area (Å²) in [6, 6.07) is 13.0. The molecule has 1 aliphatic carbocycles. The number of hydrogen-bond acceptors (Lipinski definition) is 9. The van der Waals surface area contributed by atoms with Crippen LogP contribution in [-0.4, -0.2) is 43.7 Å². The molecule has 2 amide bonds. The number of rotatable bonds is 8. The van der Waals surface area contributed by atoms with Gasteiger partial charge in [-0.2, -0.15) is 5.10 Å². The molecule has 10 nitrogen and oxygen atoms in total. The molecule has 40 heavy (non-hydrogen) atoms. The highest BCUT2D eigenvalue weighted by Crippen LogP contribution is 2.40. The third-order valence-corrected chi connectivity index (χ3v) is 7.37. The lowest BCUT2D eigenvalue weighted by atomic mass is 9.88. The summed E-state index contributed by atoms with van der Waals surface area (Å²) in [4.78, 5) is 51.1. The van der Waals surface area contributed by atoms with E-state index in [4.69, 9.17) is 14.2 Å². The minimum Gasteiger partial charge on any atom is -0.497 e. The van der Waals surface area contributed by atoms with Gasteiger partial charge in [-0.15, -0.1) is 11.3 Å². The first-order chi connectivity index (χ1) is 19.3. The Kier molecular flexibility index (Phi) is 9.28. The maximum Gasteiger partial charge on any atom is 0.343 e. The molecular formula is C29H29N3O7S. The molecule has 0 aliphatic heterocycles. The van der Waals surface area contributed by atoms with Gasteiger partial charge in [-0.1, -0.05) is 19.1 Å². The number of hydrogen-bond donors (Lipinski definition) is 2. The van der Waals surface area contributed by atoms with Crippen molar-refractivity contribution in [2.75, 3.05) is 19.0 Å². The van der Waals surface area contributed by atoms with Crippen LogP contribution in [0.25, 0.3) is 0 Å². The average molecular weight is 564 g/mol. The Balaban J connectivity index is 1.37. The summed E-state index contributed by atoms with van der Waals surface area (Å²) in [5.41, 5.74) is 4.25. The molecule has 1 heterocycles. The largest absolute Gasteiger partial charge is 0.497 e. The number of hydrazone groups is 1. The van der Waals surface area contributed by atoms with E-state index < -0.39 is 23.8 Å². The number of amides is 2. The predicted octanol–water partition coefficient (Wildman–Crippen LogP) is 4.37. The maximum absolute atomic E-state index is 12.6. The van der Waals surface area contributed by atoms with Crippen LogP contribution in [0, 0.1) is 5.92 Å². The molecule has 11 heteroatoms. The van der Waals surface area contributed by atoms with E-state index in [9.17, 15) is 19.2 Å². The molecule has 4 rings (SSSR count). The van der Waals surface area contributed by atoms with E-state index in [1.807, 2.05) is 0 Å². The van der Waals surface area contributed by atoms with Crippen molar-refractivity contribution in [2.45, 2.75) is 33.1 Å². The first-order valence-electron chi connectivity index (χ1n) is 12.7. The first kappa shape index (κ1) is 28.5. The van der Waals surface area contributed by atoms with Gasteiger partial charge in [-0.3, -0.25) is 9.59 Å². The molecule has 2 aromatic carbocycles. The van der Waals surface area contributed by atoms with Crippen molar-refractivity contribution < 1.29 is 33.4 Å². The summed E-state index contributed by atoms with van der Waals surface area (Å²) in [5.74, 6) is -1.67. The molecule has 0 fully saturated rings. The topological polar surface area (TPSA) is 132 Å². The number of carbonyl (C=O) groups is 4. The zero-order chi connectivity index (χ0) is 28.6. The number of nitrogens with one attached hydrogen (secondary N) is 2. The van der Waals surface area contributed by atoms with Crippen LogP contribution >= 0.6 is 11.3 Å². The number of ether oxygens (including phenoxy) is 3. The summed E-state index contributed by atoms with van der Waals surface area (Å²) < 4.78 is 15.7. The van der Waals surface area contributed by atoms with Gasteiger partial charge in [0.2, 0.25) is 0 Å². The molecule has 0 radical (unpaired) electrons. The molecule has 208 valence electrons. The molecule has 3 aromatic rings. The van der Waals surface area contributed by atoms with Crippen LogP contribution in [0.15, 0.2) is 53.6 Å². The number of thiophene rings is 1. The standard InChI is InChI=1S/C29H29N3O7S/c1-4-38-29(36)24-22-13-8-17(2)14-23(22)40-27(24)31-25(33)26(34)32-30-16-18-6-5-7-21(15-18)39-28(35)19-9-11-20(37-3)12-10-19/h5-7,9-12,15-17H,4,8,13-14H2,1-3H3,(H,31,33)(H,32,34)/b30-16-/t17-/m1/s1. The van der Waals surface area contributed by atoms with Crippen LogP contribution in [0.4, 0.5) is 5.00 Å². The van der Waals surface area contributed by atoms with Crippen LogP contribution < -0.4 is 20.2 Å². The summed E-state index contributed by atoms with van der Waals surface area (Å²) in [5, 5.41) is 6.69. The molecule has 0 bridgehead atoms. The van der Waals surface area contributed by atoms with Gasteiger partial charge < -0.3 is 19.5 Å². The molecule has 0 saturated carbocycles. The van der Waals surface area contributed by atoms with E-state index >= 15 is 0 Å². The lowest BCUT2D eigenvalue weighted by molar-refractivity contribution is -0.136. The zero-order valence-corrected chi connectivity index (χ0v) is 23.1. The van der Waals surface area contributed by atoms with Crippen molar-refractivity contribution in [2.24, 2.45) is 11.0 Å². The highest BCUT2D eigenvalue weighted by Gasteiger charge is 2.30. The van der Waals surface area contributed by atoms with Crippen LogP contribution in [-0.2, 0) is 27.2 Å². The van der Waals surface area contributed by atoms with Gasteiger partial charge in [-0.05, 0) is 79.6 Å².